The SMILES string of the molecule is CCOC(=O)CC(C)N[C@@H](C)c1cccc(OC)c1. The third-order valence-corrected chi connectivity index (χ3v) is 2.91. The topological polar surface area (TPSA) is 47.6 Å². The van der Waals surface area contributed by atoms with Crippen molar-refractivity contribution < 1.29 is 14.3 Å². The van der Waals surface area contributed by atoms with E-state index in [2.05, 4.69) is 12.2 Å². The lowest BCUT2D eigenvalue weighted by Crippen LogP contribution is -2.31. The van der Waals surface area contributed by atoms with Gasteiger partial charge in [0.15, 0.2) is 0 Å². The molecule has 106 valence electrons. The van der Waals surface area contributed by atoms with Crippen molar-refractivity contribution in [1.82, 2.24) is 5.32 Å². The lowest BCUT2D eigenvalue weighted by atomic mass is 10.1. The van der Waals surface area contributed by atoms with Gasteiger partial charge in [-0.15, -0.1) is 0 Å². The van der Waals surface area contributed by atoms with Gasteiger partial charge in [-0.2, -0.15) is 0 Å². The van der Waals surface area contributed by atoms with Crippen molar-refractivity contribution in [3.8, 4) is 5.75 Å². The van der Waals surface area contributed by atoms with E-state index in [1.807, 2.05) is 38.1 Å². The fraction of sp³-hybridized carbons (Fsp3) is 0.533. The van der Waals surface area contributed by atoms with Crippen LogP contribution in [0.1, 0.15) is 38.8 Å². The van der Waals surface area contributed by atoms with Crippen molar-refractivity contribution in [1.29, 1.82) is 0 Å². The Labute approximate surface area is 115 Å². The van der Waals surface area contributed by atoms with Crippen LogP contribution >= 0.6 is 0 Å². The van der Waals surface area contributed by atoms with Gasteiger partial charge in [-0.25, -0.2) is 0 Å². The van der Waals surface area contributed by atoms with E-state index >= 15 is 0 Å². The summed E-state index contributed by atoms with van der Waals surface area (Å²) in [6.45, 7) is 6.29. The van der Waals surface area contributed by atoms with Crippen LogP contribution in [0.25, 0.3) is 0 Å². The molecule has 0 aromatic heterocycles. The molecule has 0 radical (unpaired) electrons. The molecule has 0 aliphatic carbocycles. The summed E-state index contributed by atoms with van der Waals surface area (Å²) in [5.74, 6) is 0.671. The average molecular weight is 265 g/mol. The Kier molecular flexibility index (Phi) is 6.36. The summed E-state index contributed by atoms with van der Waals surface area (Å²) < 4.78 is 10.1. The molecule has 1 N–H and O–H groups in total. The maximum absolute atomic E-state index is 11.4. The quantitative estimate of drug-likeness (QED) is 0.770. The highest BCUT2D eigenvalue weighted by atomic mass is 16.5. The molecule has 0 saturated carbocycles. The molecule has 0 aliphatic heterocycles. The van der Waals surface area contributed by atoms with E-state index < -0.39 is 0 Å². The Balaban J connectivity index is 2.53. The van der Waals surface area contributed by atoms with Gasteiger partial charge in [0, 0.05) is 12.1 Å². The van der Waals surface area contributed by atoms with Gasteiger partial charge >= 0.3 is 5.97 Å². The van der Waals surface area contributed by atoms with Crippen LogP contribution in [0, 0.1) is 0 Å². The van der Waals surface area contributed by atoms with Crippen molar-refractivity contribution in [2.45, 2.75) is 39.3 Å². The van der Waals surface area contributed by atoms with Gasteiger partial charge in [-0.1, -0.05) is 12.1 Å². The predicted octanol–water partition coefficient (Wildman–Crippen LogP) is 2.69. The smallest absolute Gasteiger partial charge is 0.307 e. The van der Waals surface area contributed by atoms with E-state index in [0.29, 0.717) is 13.0 Å². The van der Waals surface area contributed by atoms with Crippen LogP contribution < -0.4 is 10.1 Å². The van der Waals surface area contributed by atoms with Gasteiger partial charge in [-0.05, 0) is 38.5 Å². The fourth-order valence-electron chi connectivity index (χ4n) is 1.96. The van der Waals surface area contributed by atoms with E-state index in [1.54, 1.807) is 7.11 Å². The number of methoxy groups -OCH3 is 1. The molecule has 1 aromatic rings. The summed E-state index contributed by atoms with van der Waals surface area (Å²) in [6.07, 6.45) is 0.377. The minimum Gasteiger partial charge on any atom is -0.497 e. The van der Waals surface area contributed by atoms with Crippen LogP contribution in [-0.4, -0.2) is 25.7 Å². The van der Waals surface area contributed by atoms with E-state index in [-0.39, 0.29) is 18.1 Å². The Bertz CT molecular complexity index is 406. The number of benzene rings is 1. The molecular formula is C15H23NO3. The first-order valence-electron chi connectivity index (χ1n) is 6.62. The predicted molar refractivity (Wildman–Crippen MR) is 75.3 cm³/mol. The fourth-order valence-corrected chi connectivity index (χ4v) is 1.96. The maximum Gasteiger partial charge on any atom is 0.307 e. The highest BCUT2D eigenvalue weighted by Gasteiger charge is 2.13. The summed E-state index contributed by atoms with van der Waals surface area (Å²) >= 11 is 0. The molecule has 0 heterocycles. The van der Waals surface area contributed by atoms with Crippen LogP contribution in [0.3, 0.4) is 0 Å². The Morgan fingerprint density at radius 3 is 2.74 bits per heavy atom. The van der Waals surface area contributed by atoms with Crippen LogP contribution in [0.5, 0.6) is 5.75 Å². The molecular weight excluding hydrogens is 242 g/mol. The Morgan fingerprint density at radius 2 is 2.11 bits per heavy atom. The molecule has 1 rings (SSSR count). The summed E-state index contributed by atoms with van der Waals surface area (Å²) in [7, 11) is 1.65. The first-order valence-corrected chi connectivity index (χ1v) is 6.62. The van der Waals surface area contributed by atoms with Crippen molar-refractivity contribution >= 4 is 5.97 Å². The van der Waals surface area contributed by atoms with Crippen molar-refractivity contribution in [3.63, 3.8) is 0 Å². The Hall–Kier alpha value is -1.55. The van der Waals surface area contributed by atoms with E-state index in [4.69, 9.17) is 9.47 Å². The third kappa shape index (κ3) is 5.30. The minimum atomic E-state index is -0.166. The van der Waals surface area contributed by atoms with Crippen LogP contribution in [-0.2, 0) is 9.53 Å². The number of carbonyl (C=O) groups is 1. The monoisotopic (exact) mass is 265 g/mol. The first-order chi connectivity index (χ1) is 9.06. The second-order valence-electron chi connectivity index (χ2n) is 4.58. The van der Waals surface area contributed by atoms with Gasteiger partial charge < -0.3 is 14.8 Å². The molecule has 4 nitrogen and oxygen atoms in total. The number of hydrogen-bond donors (Lipinski definition) is 1. The molecule has 0 spiro atoms. The first kappa shape index (κ1) is 15.5. The Morgan fingerprint density at radius 1 is 1.37 bits per heavy atom. The number of ether oxygens (including phenoxy) is 2. The van der Waals surface area contributed by atoms with E-state index in [9.17, 15) is 4.79 Å². The zero-order chi connectivity index (χ0) is 14.3. The second kappa shape index (κ2) is 7.79. The van der Waals surface area contributed by atoms with Crippen LogP contribution in [0.4, 0.5) is 0 Å². The summed E-state index contributed by atoms with van der Waals surface area (Å²) in [5, 5.41) is 3.38. The highest BCUT2D eigenvalue weighted by Crippen LogP contribution is 2.19. The summed E-state index contributed by atoms with van der Waals surface area (Å²) in [5.41, 5.74) is 1.13. The molecule has 1 aromatic carbocycles. The van der Waals surface area contributed by atoms with Crippen LogP contribution in [0.15, 0.2) is 24.3 Å². The average Bonchev–Trinajstić information content (AvgIpc) is 2.38. The van der Waals surface area contributed by atoms with Gasteiger partial charge in [0.05, 0.1) is 20.1 Å². The van der Waals surface area contributed by atoms with Crippen molar-refractivity contribution in [2.75, 3.05) is 13.7 Å². The highest BCUT2D eigenvalue weighted by molar-refractivity contribution is 5.70. The van der Waals surface area contributed by atoms with Gasteiger partial charge in [-0.3, -0.25) is 4.79 Å². The number of nitrogens with one attached hydrogen (secondary N) is 1. The molecule has 0 aliphatic rings. The molecule has 19 heavy (non-hydrogen) atoms. The number of carbonyl (C=O) groups excluding carboxylic acids is 1. The summed E-state index contributed by atoms with van der Waals surface area (Å²) in [6, 6.07) is 8.13. The van der Waals surface area contributed by atoms with Gasteiger partial charge in [0.25, 0.3) is 0 Å². The minimum absolute atomic E-state index is 0.0697. The normalized spacial score (nSPS) is 13.7. The number of esters is 1. The lowest BCUT2D eigenvalue weighted by Gasteiger charge is -2.20. The van der Waals surface area contributed by atoms with E-state index in [0.717, 1.165) is 11.3 Å². The molecule has 0 saturated heterocycles. The lowest BCUT2D eigenvalue weighted by molar-refractivity contribution is -0.143. The number of rotatable bonds is 7. The molecule has 0 bridgehead atoms. The second-order valence-corrected chi connectivity index (χ2v) is 4.58. The maximum atomic E-state index is 11.4. The largest absolute Gasteiger partial charge is 0.497 e. The van der Waals surface area contributed by atoms with Gasteiger partial charge in [0.1, 0.15) is 5.75 Å². The molecule has 1 unspecified atom stereocenters. The third-order valence-electron chi connectivity index (χ3n) is 2.91. The zero-order valence-corrected chi connectivity index (χ0v) is 12.1. The molecule has 4 heteroatoms. The summed E-state index contributed by atoms with van der Waals surface area (Å²) in [4.78, 5) is 11.4. The molecule has 2 atom stereocenters. The molecule has 0 fully saturated rings. The van der Waals surface area contributed by atoms with Gasteiger partial charge in [0.2, 0.25) is 0 Å². The molecule has 0 amide bonds. The van der Waals surface area contributed by atoms with Crippen molar-refractivity contribution in [2.24, 2.45) is 0 Å². The standard InChI is InChI=1S/C15H23NO3/c1-5-19-15(17)9-11(2)16-12(3)13-7-6-8-14(10-13)18-4/h6-8,10-12,16H,5,9H2,1-4H3/t11?,12-/m0/s1. The number of hydrogen-bond acceptors (Lipinski definition) is 4. The van der Waals surface area contributed by atoms with Crippen molar-refractivity contribution in [3.05, 3.63) is 29.8 Å². The van der Waals surface area contributed by atoms with Crippen LogP contribution in [0.2, 0.25) is 0 Å². The van der Waals surface area contributed by atoms with E-state index in [1.165, 1.54) is 0 Å². The zero-order valence-electron chi connectivity index (χ0n) is 12.1.